The normalized spacial score (nSPS) is 11.2. The van der Waals surface area contributed by atoms with Gasteiger partial charge in [0.05, 0.1) is 11.4 Å². The summed E-state index contributed by atoms with van der Waals surface area (Å²) < 4.78 is 31.2. The second-order valence-electron chi connectivity index (χ2n) is 4.78. The van der Waals surface area contributed by atoms with Gasteiger partial charge in [0.2, 0.25) is 15.9 Å². The average molecular weight is 337 g/mol. The van der Waals surface area contributed by atoms with Crippen molar-refractivity contribution in [1.82, 2.24) is 9.88 Å². The maximum atomic E-state index is 12.1. The molecule has 1 heterocycles. The Morgan fingerprint density at radius 1 is 1.26 bits per heavy atom. The molecular formula is C14H15N3O5S. The highest BCUT2D eigenvalue weighted by atomic mass is 32.2. The summed E-state index contributed by atoms with van der Waals surface area (Å²) >= 11 is 0. The van der Waals surface area contributed by atoms with Crippen LogP contribution in [0.1, 0.15) is 23.0 Å². The monoisotopic (exact) mass is 337 g/mol. The molecule has 0 atom stereocenters. The lowest BCUT2D eigenvalue weighted by molar-refractivity contribution is -0.115. The zero-order valence-corrected chi connectivity index (χ0v) is 13.3. The van der Waals surface area contributed by atoms with Crippen molar-refractivity contribution in [1.29, 1.82) is 0 Å². The van der Waals surface area contributed by atoms with Gasteiger partial charge in [0.1, 0.15) is 5.76 Å². The number of aromatic nitrogens is 1. The number of sulfonamides is 1. The Morgan fingerprint density at radius 3 is 2.61 bits per heavy atom. The molecule has 0 spiro atoms. The fourth-order valence-electron chi connectivity index (χ4n) is 1.74. The van der Waals surface area contributed by atoms with Gasteiger partial charge in [-0.3, -0.25) is 9.59 Å². The summed E-state index contributed by atoms with van der Waals surface area (Å²) in [5.41, 5.74) is 0.274. The van der Waals surface area contributed by atoms with Crippen LogP contribution >= 0.6 is 0 Å². The Morgan fingerprint density at radius 2 is 2.00 bits per heavy atom. The summed E-state index contributed by atoms with van der Waals surface area (Å²) in [5, 5.41) is 5.96. The molecule has 8 nitrogen and oxygen atoms in total. The van der Waals surface area contributed by atoms with Crippen LogP contribution in [0.3, 0.4) is 0 Å². The first-order chi connectivity index (χ1) is 10.8. The number of rotatable bonds is 6. The van der Waals surface area contributed by atoms with Gasteiger partial charge < -0.3 is 9.84 Å². The number of aryl methyl sites for hydroxylation is 1. The van der Waals surface area contributed by atoms with Crippen LogP contribution < -0.4 is 10.0 Å². The first kappa shape index (κ1) is 16.8. The predicted molar refractivity (Wildman–Crippen MR) is 81.5 cm³/mol. The second-order valence-corrected chi connectivity index (χ2v) is 6.55. The first-order valence-electron chi connectivity index (χ1n) is 6.62. The standard InChI is InChI=1S/C14H15N3O5S/c1-9-6-13(17-22-9)16-14(19)8-15-23(20,21)12-5-3-4-11(7-12)10(2)18/h3-7,15H,8H2,1-2H3,(H,16,17,19). The van der Waals surface area contributed by atoms with Gasteiger partial charge in [0.15, 0.2) is 11.6 Å². The van der Waals surface area contributed by atoms with E-state index < -0.39 is 22.5 Å². The fraction of sp³-hybridized carbons (Fsp3) is 0.214. The fourth-order valence-corrected chi connectivity index (χ4v) is 2.77. The molecule has 23 heavy (non-hydrogen) atoms. The maximum Gasteiger partial charge on any atom is 0.241 e. The number of nitrogens with one attached hydrogen (secondary N) is 2. The Balaban J connectivity index is 2.02. The Labute approximate surface area is 132 Å². The zero-order chi connectivity index (χ0) is 17.0. The number of hydrogen-bond donors (Lipinski definition) is 2. The van der Waals surface area contributed by atoms with Crippen molar-refractivity contribution in [3.63, 3.8) is 0 Å². The zero-order valence-electron chi connectivity index (χ0n) is 12.5. The van der Waals surface area contributed by atoms with E-state index >= 15 is 0 Å². The smallest absolute Gasteiger partial charge is 0.241 e. The van der Waals surface area contributed by atoms with Crippen LogP contribution in [0, 0.1) is 6.92 Å². The lowest BCUT2D eigenvalue weighted by Crippen LogP contribution is -2.33. The minimum absolute atomic E-state index is 0.0877. The minimum Gasteiger partial charge on any atom is -0.360 e. The van der Waals surface area contributed by atoms with Crippen LogP contribution in [-0.2, 0) is 14.8 Å². The molecule has 9 heteroatoms. The number of hydrogen-bond acceptors (Lipinski definition) is 6. The summed E-state index contributed by atoms with van der Waals surface area (Å²) in [6, 6.07) is 7.07. The van der Waals surface area contributed by atoms with Crippen molar-refractivity contribution in [3.8, 4) is 0 Å². The lowest BCUT2D eigenvalue weighted by Gasteiger charge is -2.07. The van der Waals surface area contributed by atoms with E-state index in [1.54, 1.807) is 6.92 Å². The highest BCUT2D eigenvalue weighted by Gasteiger charge is 2.17. The van der Waals surface area contributed by atoms with Crippen molar-refractivity contribution in [2.75, 3.05) is 11.9 Å². The van der Waals surface area contributed by atoms with Gasteiger partial charge >= 0.3 is 0 Å². The quantitative estimate of drug-likeness (QED) is 0.762. The number of carbonyl (C=O) groups excluding carboxylic acids is 2. The summed E-state index contributed by atoms with van der Waals surface area (Å²) in [7, 11) is -3.91. The molecule has 2 rings (SSSR count). The molecule has 1 amide bonds. The van der Waals surface area contributed by atoms with Gasteiger partial charge in [-0.2, -0.15) is 0 Å². The van der Waals surface area contributed by atoms with E-state index in [4.69, 9.17) is 4.52 Å². The van der Waals surface area contributed by atoms with E-state index in [0.29, 0.717) is 5.76 Å². The Hall–Kier alpha value is -2.52. The SMILES string of the molecule is CC(=O)c1cccc(S(=O)(=O)NCC(=O)Nc2cc(C)on2)c1. The molecule has 0 saturated heterocycles. The first-order valence-corrected chi connectivity index (χ1v) is 8.10. The molecule has 0 aliphatic heterocycles. The van der Waals surface area contributed by atoms with Crippen molar-refractivity contribution in [2.24, 2.45) is 0 Å². The third-order valence-corrected chi connectivity index (χ3v) is 4.27. The molecule has 2 N–H and O–H groups in total. The van der Waals surface area contributed by atoms with E-state index in [1.807, 2.05) is 0 Å². The minimum atomic E-state index is -3.91. The molecule has 0 saturated carbocycles. The number of anilines is 1. The van der Waals surface area contributed by atoms with Crippen LogP contribution in [0.2, 0.25) is 0 Å². The van der Waals surface area contributed by atoms with Gasteiger partial charge in [-0.25, -0.2) is 13.1 Å². The number of carbonyl (C=O) groups is 2. The van der Waals surface area contributed by atoms with E-state index in [2.05, 4.69) is 15.2 Å². The molecular weight excluding hydrogens is 322 g/mol. The Kier molecular flexibility index (Phi) is 4.92. The largest absolute Gasteiger partial charge is 0.360 e. The molecule has 0 radical (unpaired) electrons. The van der Waals surface area contributed by atoms with Crippen molar-refractivity contribution in [3.05, 3.63) is 41.7 Å². The predicted octanol–water partition coefficient (Wildman–Crippen LogP) is 1.10. The molecule has 0 unspecified atom stereocenters. The van der Waals surface area contributed by atoms with Gasteiger partial charge in [0.25, 0.3) is 0 Å². The summed E-state index contributed by atoms with van der Waals surface area (Å²) in [5.74, 6) is -0.127. The summed E-state index contributed by atoms with van der Waals surface area (Å²) in [4.78, 5) is 22.9. The third kappa shape index (κ3) is 4.47. The number of amides is 1. The van der Waals surface area contributed by atoms with Crippen LogP contribution in [0.25, 0.3) is 0 Å². The van der Waals surface area contributed by atoms with Crippen LogP contribution in [0.4, 0.5) is 5.82 Å². The molecule has 0 aliphatic rings. The van der Waals surface area contributed by atoms with Crippen molar-refractivity contribution < 1.29 is 22.5 Å². The summed E-state index contributed by atoms with van der Waals surface area (Å²) in [6.07, 6.45) is 0. The molecule has 0 bridgehead atoms. The van der Waals surface area contributed by atoms with E-state index in [9.17, 15) is 18.0 Å². The van der Waals surface area contributed by atoms with E-state index in [-0.39, 0.29) is 22.1 Å². The van der Waals surface area contributed by atoms with Gasteiger partial charge in [-0.05, 0) is 26.0 Å². The van der Waals surface area contributed by atoms with Crippen LogP contribution in [-0.4, -0.2) is 31.8 Å². The van der Waals surface area contributed by atoms with Gasteiger partial charge in [-0.15, -0.1) is 0 Å². The lowest BCUT2D eigenvalue weighted by atomic mass is 10.2. The number of nitrogens with zero attached hydrogens (tertiary/aromatic N) is 1. The topological polar surface area (TPSA) is 118 Å². The number of Topliss-reactive ketones (excluding diaryl/α,β-unsaturated/α-hetero) is 1. The number of benzene rings is 1. The molecule has 0 aliphatic carbocycles. The highest BCUT2D eigenvalue weighted by Crippen LogP contribution is 2.12. The third-order valence-electron chi connectivity index (χ3n) is 2.87. The van der Waals surface area contributed by atoms with Crippen LogP contribution in [0.15, 0.2) is 39.8 Å². The number of ketones is 1. The molecule has 1 aromatic carbocycles. The highest BCUT2D eigenvalue weighted by molar-refractivity contribution is 7.89. The van der Waals surface area contributed by atoms with Crippen LogP contribution in [0.5, 0.6) is 0 Å². The van der Waals surface area contributed by atoms with Gasteiger partial charge in [-0.1, -0.05) is 17.3 Å². The van der Waals surface area contributed by atoms with Crippen molar-refractivity contribution in [2.45, 2.75) is 18.7 Å². The molecule has 122 valence electrons. The van der Waals surface area contributed by atoms with E-state index in [1.165, 1.54) is 37.3 Å². The molecule has 1 aromatic heterocycles. The van der Waals surface area contributed by atoms with Crippen molar-refractivity contribution >= 4 is 27.5 Å². The Bertz CT molecular complexity index is 842. The van der Waals surface area contributed by atoms with E-state index in [0.717, 1.165) is 0 Å². The van der Waals surface area contributed by atoms with Gasteiger partial charge in [0, 0.05) is 11.6 Å². The molecule has 0 fully saturated rings. The average Bonchev–Trinajstić information content (AvgIpc) is 2.90. The second kappa shape index (κ2) is 6.71. The molecule has 2 aromatic rings. The maximum absolute atomic E-state index is 12.1. The summed E-state index contributed by atoms with van der Waals surface area (Å²) in [6.45, 7) is 2.53.